The zero-order valence-corrected chi connectivity index (χ0v) is 33.2. The molecule has 1 aliphatic heterocycles. The van der Waals surface area contributed by atoms with E-state index >= 15 is 8.78 Å². The molecule has 0 saturated carbocycles. The minimum atomic E-state index is -2.33. The number of pyridine rings is 1. The van der Waals surface area contributed by atoms with Crippen LogP contribution in [-0.2, 0) is 22.0 Å². The van der Waals surface area contributed by atoms with Gasteiger partial charge < -0.3 is 19.5 Å². The number of aryl methyl sites for hydroxylation is 1. The largest absolute Gasteiger partial charge is 0.468 e. The Morgan fingerprint density at radius 3 is 2.33 bits per heavy atom. The van der Waals surface area contributed by atoms with Gasteiger partial charge in [0.1, 0.15) is 42.4 Å². The van der Waals surface area contributed by atoms with Gasteiger partial charge in [-0.25, -0.2) is 23.7 Å². The smallest absolute Gasteiger partial charge is 0.220 e. The topological polar surface area (TPSA) is 97.7 Å². The fraction of sp³-hybridized carbons (Fsp3) is 0.513. The summed E-state index contributed by atoms with van der Waals surface area (Å²) in [6.45, 7) is 17.6. The number of β-amino-alcohol motifs (C(OH)–C–C–N with tert-alkyl or cyclic N) is 1. The number of nitrogens with zero attached hydrogens (tertiary/aromatic N) is 4. The number of halogens is 2. The van der Waals surface area contributed by atoms with Crippen LogP contribution in [0, 0.1) is 23.1 Å². The van der Waals surface area contributed by atoms with Gasteiger partial charge in [0, 0.05) is 32.0 Å². The summed E-state index contributed by atoms with van der Waals surface area (Å²) < 4.78 is 56.9. The van der Waals surface area contributed by atoms with E-state index in [2.05, 4.69) is 58.0 Å². The Labute approximate surface area is 303 Å². The molecule has 2 aromatic carbocycles. The fourth-order valence-electron chi connectivity index (χ4n) is 7.99. The van der Waals surface area contributed by atoms with Crippen molar-refractivity contribution >= 4 is 46.4 Å². The van der Waals surface area contributed by atoms with Crippen molar-refractivity contribution in [2.24, 2.45) is 0 Å². The van der Waals surface area contributed by atoms with E-state index in [1.54, 1.807) is 25.1 Å². The Balaban J connectivity index is 1.98. The van der Waals surface area contributed by atoms with Crippen LogP contribution in [0.5, 0.6) is 5.75 Å². The standard InChI is InChI=1S/C39H50F2N4O4SSi/c1-11-28-30(40)14-13-26-19-27(49-22-48-9)20-29(32(26)28)35-34(41)36-33(31(42-35)15-18-51(23(2)3,24(4)5)25(6)7)37(44-38(43-36)50(10)47)45-17-12-16-39(8,46)21-45/h13-14,19-20,23-25,46H,11-12,16-17,21-22H2,1-10H3/t39-,50?/m1/s1. The molecule has 0 spiro atoms. The SMILES string of the molecule is CCc1c(F)ccc2cc(OCOC)cc(-c3nc(C#C[Si](C(C)C)(C(C)C)C(C)C)c4c(N5CCC[C@@](C)(O)C5)nc(S(C)=O)nc4c3F)c12. The molecule has 1 saturated heterocycles. The van der Waals surface area contributed by atoms with E-state index in [1.807, 2.05) is 11.8 Å². The summed E-state index contributed by atoms with van der Waals surface area (Å²) >= 11 is 0. The molecule has 2 aromatic heterocycles. The molecule has 12 heteroatoms. The maximum absolute atomic E-state index is 17.5. The quantitative estimate of drug-likeness (QED) is 0.0752. The first kappa shape index (κ1) is 38.7. The molecular weight excluding hydrogens is 687 g/mol. The van der Waals surface area contributed by atoms with Gasteiger partial charge in [-0.15, -0.1) is 5.54 Å². The first-order chi connectivity index (χ1) is 24.1. The van der Waals surface area contributed by atoms with Crippen molar-refractivity contribution in [1.82, 2.24) is 15.0 Å². The van der Waals surface area contributed by atoms with E-state index in [0.29, 0.717) is 81.3 Å². The highest BCUT2D eigenvalue weighted by Gasteiger charge is 2.42. The summed E-state index contributed by atoms with van der Waals surface area (Å²) in [4.78, 5) is 16.2. The first-order valence-corrected chi connectivity index (χ1v) is 21.5. The Kier molecular flexibility index (Phi) is 11.6. The van der Waals surface area contributed by atoms with E-state index < -0.39 is 36.1 Å². The van der Waals surface area contributed by atoms with Crippen LogP contribution in [0.25, 0.3) is 32.9 Å². The molecule has 51 heavy (non-hydrogen) atoms. The third kappa shape index (κ3) is 7.41. The number of rotatable bonds is 10. The van der Waals surface area contributed by atoms with Crippen molar-refractivity contribution < 1.29 is 27.6 Å². The van der Waals surface area contributed by atoms with E-state index in [-0.39, 0.29) is 35.4 Å². The van der Waals surface area contributed by atoms with Crippen LogP contribution in [-0.4, -0.2) is 71.2 Å². The van der Waals surface area contributed by atoms with Crippen LogP contribution >= 0.6 is 0 Å². The van der Waals surface area contributed by atoms with Crippen LogP contribution in [0.3, 0.4) is 0 Å². The van der Waals surface area contributed by atoms with Crippen molar-refractivity contribution in [1.29, 1.82) is 0 Å². The van der Waals surface area contributed by atoms with Crippen molar-refractivity contribution in [3.8, 4) is 28.5 Å². The van der Waals surface area contributed by atoms with Gasteiger partial charge in [0.2, 0.25) is 5.16 Å². The number of ether oxygens (including phenoxy) is 2. The minimum absolute atomic E-state index is 0.0460. The lowest BCUT2D eigenvalue weighted by Gasteiger charge is -2.38. The zero-order valence-electron chi connectivity index (χ0n) is 31.4. The number of anilines is 1. The lowest BCUT2D eigenvalue weighted by atomic mass is 9.93. The van der Waals surface area contributed by atoms with Crippen molar-refractivity contribution in [2.75, 3.05) is 38.1 Å². The lowest BCUT2D eigenvalue weighted by Crippen LogP contribution is -2.46. The van der Waals surface area contributed by atoms with Gasteiger partial charge in [-0.05, 0) is 77.3 Å². The number of methoxy groups -OCH3 is 1. The number of hydrogen-bond donors (Lipinski definition) is 1. The molecule has 274 valence electrons. The van der Waals surface area contributed by atoms with Gasteiger partial charge in [0.05, 0.1) is 21.8 Å². The third-order valence-corrected chi connectivity index (χ3v) is 17.3. The summed E-state index contributed by atoms with van der Waals surface area (Å²) in [5.41, 5.74) is 4.52. The highest BCUT2D eigenvalue weighted by molar-refractivity contribution is 7.84. The summed E-state index contributed by atoms with van der Waals surface area (Å²) in [5.74, 6) is 3.00. The van der Waals surface area contributed by atoms with Gasteiger partial charge in [-0.1, -0.05) is 60.5 Å². The van der Waals surface area contributed by atoms with Crippen LogP contribution < -0.4 is 9.64 Å². The predicted molar refractivity (Wildman–Crippen MR) is 204 cm³/mol. The zero-order chi connectivity index (χ0) is 37.4. The second-order valence-electron chi connectivity index (χ2n) is 14.8. The number of aromatic nitrogens is 3. The summed E-state index contributed by atoms with van der Waals surface area (Å²) in [6, 6.07) is 6.45. The van der Waals surface area contributed by atoms with Crippen LogP contribution in [0.15, 0.2) is 29.4 Å². The normalized spacial score (nSPS) is 17.5. The molecule has 1 fully saturated rings. The van der Waals surface area contributed by atoms with Gasteiger partial charge >= 0.3 is 0 Å². The minimum Gasteiger partial charge on any atom is -0.468 e. The maximum atomic E-state index is 17.5. The first-order valence-electron chi connectivity index (χ1n) is 17.7. The molecule has 0 radical (unpaired) electrons. The van der Waals surface area contributed by atoms with Crippen molar-refractivity contribution in [2.45, 2.75) is 102 Å². The van der Waals surface area contributed by atoms with Crippen LogP contribution in [0.1, 0.15) is 79.5 Å². The predicted octanol–water partition coefficient (Wildman–Crippen LogP) is 8.33. The molecule has 8 nitrogen and oxygen atoms in total. The Morgan fingerprint density at radius 1 is 1.06 bits per heavy atom. The highest BCUT2D eigenvalue weighted by atomic mass is 32.2. The average Bonchev–Trinajstić information content (AvgIpc) is 3.06. The molecule has 1 unspecified atom stereocenters. The average molecular weight is 737 g/mol. The van der Waals surface area contributed by atoms with E-state index in [4.69, 9.17) is 19.4 Å². The monoisotopic (exact) mass is 736 g/mol. The van der Waals surface area contributed by atoms with Gasteiger partial charge in [-0.2, -0.15) is 0 Å². The Hall–Kier alpha value is -3.50. The number of hydrogen-bond acceptors (Lipinski definition) is 8. The van der Waals surface area contributed by atoms with E-state index in [0.717, 1.165) is 0 Å². The number of piperidine rings is 1. The van der Waals surface area contributed by atoms with Crippen LogP contribution in [0.2, 0.25) is 16.6 Å². The van der Waals surface area contributed by atoms with Crippen LogP contribution in [0.4, 0.5) is 14.6 Å². The number of aliphatic hydroxyl groups is 1. The maximum Gasteiger partial charge on any atom is 0.220 e. The highest BCUT2D eigenvalue weighted by Crippen LogP contribution is 2.43. The second kappa shape index (κ2) is 15.2. The van der Waals surface area contributed by atoms with Gasteiger partial charge in [0.15, 0.2) is 12.6 Å². The molecule has 1 aliphatic rings. The molecule has 5 rings (SSSR count). The lowest BCUT2D eigenvalue weighted by molar-refractivity contribution is 0.0447. The molecule has 0 amide bonds. The van der Waals surface area contributed by atoms with Crippen molar-refractivity contribution in [3.63, 3.8) is 0 Å². The number of fused-ring (bicyclic) bond motifs is 2. The molecule has 0 aliphatic carbocycles. The molecular formula is C39H50F2N4O4SSi. The fourth-order valence-corrected chi connectivity index (χ4v) is 13.6. The Bertz CT molecular complexity index is 2020. The van der Waals surface area contributed by atoms with Crippen molar-refractivity contribution in [3.05, 3.63) is 47.2 Å². The molecule has 4 aromatic rings. The Morgan fingerprint density at radius 2 is 1.75 bits per heavy atom. The third-order valence-electron chi connectivity index (χ3n) is 10.3. The summed E-state index contributed by atoms with van der Waals surface area (Å²) in [6.07, 6.45) is 3.07. The molecule has 1 N–H and O–H groups in total. The summed E-state index contributed by atoms with van der Waals surface area (Å²) in [7, 11) is -2.49. The molecule has 2 atom stereocenters. The van der Waals surface area contributed by atoms with E-state index in [1.165, 1.54) is 19.4 Å². The molecule has 0 bridgehead atoms. The van der Waals surface area contributed by atoms with Gasteiger partial charge in [0.25, 0.3) is 0 Å². The van der Waals surface area contributed by atoms with E-state index in [9.17, 15) is 9.32 Å². The summed E-state index contributed by atoms with van der Waals surface area (Å²) in [5, 5.41) is 12.5. The molecule has 3 heterocycles. The van der Waals surface area contributed by atoms with Gasteiger partial charge in [-0.3, -0.25) is 4.21 Å². The number of benzene rings is 2. The second-order valence-corrected chi connectivity index (χ2v) is 21.7.